The van der Waals surface area contributed by atoms with Gasteiger partial charge in [0.25, 0.3) is 0 Å². The molecule has 0 fully saturated rings. The first-order chi connectivity index (χ1) is 38.9. The van der Waals surface area contributed by atoms with Gasteiger partial charge in [-0.3, -0.25) is 0 Å². The minimum atomic E-state index is -0.907. The Kier molecular flexibility index (Phi) is 107. The van der Waals surface area contributed by atoms with Gasteiger partial charge in [0.1, 0.15) is 0 Å². The normalized spacial score (nSPS) is 10.3. The molecule has 10 nitrogen and oxygen atoms in total. The van der Waals surface area contributed by atoms with Crippen LogP contribution in [0.15, 0.2) is 0 Å². The molecule has 0 aliphatic carbocycles. The molecule has 0 spiro atoms. The topological polar surface area (TPSA) is 201 Å². The Morgan fingerprint density at radius 3 is 0.317 bits per heavy atom. The third-order valence-electron chi connectivity index (χ3n) is 14.9. The van der Waals surface area contributed by atoms with Crippen molar-refractivity contribution in [3.63, 3.8) is 0 Å². The zero-order valence-corrected chi connectivity index (χ0v) is 61.6. The molecule has 12 heteroatoms. The van der Waals surface area contributed by atoms with Crippen molar-refractivity contribution in [3.05, 3.63) is 0 Å². The number of aliphatic carboxylic acids is 5. The van der Waals surface area contributed by atoms with Crippen molar-refractivity contribution in [3.8, 4) is 0 Å². The van der Waals surface area contributed by atoms with E-state index in [-0.39, 0.29) is 103 Å². The predicted molar refractivity (Wildman–Crippen MR) is 336 cm³/mol. The second-order valence-corrected chi connectivity index (χ2v) is 23.3. The molecule has 488 valence electrons. The van der Waals surface area contributed by atoms with Crippen LogP contribution in [0.25, 0.3) is 0 Å². The number of carbonyl (C=O) groups excluding carboxylic acids is 5. The Bertz CT molecular complexity index is 999. The second-order valence-electron chi connectivity index (χ2n) is 23.3. The maximum Gasteiger partial charge on any atom is 3.00 e. The Morgan fingerprint density at radius 2 is 0.244 bits per heavy atom. The molecule has 0 unspecified atom stereocenters. The van der Waals surface area contributed by atoms with Crippen LogP contribution in [0.2, 0.25) is 0 Å². The van der Waals surface area contributed by atoms with Crippen LogP contribution in [-0.2, 0) is 46.4 Å². The van der Waals surface area contributed by atoms with Gasteiger partial charge in [-0.2, -0.15) is 0 Å². The van der Waals surface area contributed by atoms with Crippen LogP contribution in [0, 0.1) is 0 Å². The summed E-state index contributed by atoms with van der Waals surface area (Å²) in [5, 5.41) is 50.7. The van der Waals surface area contributed by atoms with E-state index in [4.69, 9.17) is 0 Å². The molecule has 0 aromatic rings. The predicted octanol–water partition coefficient (Wildman–Crippen LogP) is 16.8. The number of hydrogen-bond acceptors (Lipinski definition) is 10. The molecule has 0 saturated heterocycles. The van der Waals surface area contributed by atoms with E-state index in [0.717, 1.165) is 64.2 Å². The van der Waals surface area contributed by atoms with Gasteiger partial charge in [0.05, 0.1) is 0 Å². The first-order valence-corrected chi connectivity index (χ1v) is 34.8. The SMILES string of the molecule is CCCCCCCCCCCCCC(=O)[O-].CCCCCCCCCCCCCC(=O)[O-].CCCCCCCCCCCCCC(=O)[O-].CCCCCCCCCCCCCC(=O)[O-].CCCCCCCCCCCCCC(=O)[O-].[Au+3].[Ba+2]. The van der Waals surface area contributed by atoms with E-state index in [1.165, 1.54) is 289 Å². The first kappa shape index (κ1) is 95.3. The van der Waals surface area contributed by atoms with Gasteiger partial charge in [-0.15, -0.1) is 0 Å². The summed E-state index contributed by atoms with van der Waals surface area (Å²) < 4.78 is 0. The largest absolute Gasteiger partial charge is 3.00 e. The van der Waals surface area contributed by atoms with E-state index in [0.29, 0.717) is 0 Å². The maximum absolute atomic E-state index is 10.1. The molecular formula is C70H135AuBaO10. The Labute approximate surface area is 565 Å². The Hall–Kier alpha value is -0.338. The van der Waals surface area contributed by atoms with Crippen molar-refractivity contribution in [1.82, 2.24) is 0 Å². The van der Waals surface area contributed by atoms with E-state index in [1.807, 2.05) is 0 Å². The van der Waals surface area contributed by atoms with E-state index in [9.17, 15) is 49.5 Å². The third kappa shape index (κ3) is 118. The summed E-state index contributed by atoms with van der Waals surface area (Å²) in [5.74, 6) is -4.53. The number of carbonyl (C=O) groups is 5. The molecule has 0 atom stereocenters. The van der Waals surface area contributed by atoms with Crippen LogP contribution in [0.4, 0.5) is 0 Å². The van der Waals surface area contributed by atoms with Gasteiger partial charge in [0.15, 0.2) is 0 Å². The zero-order chi connectivity index (χ0) is 60.3. The monoisotopic (exact) mass is 1470 g/mol. The van der Waals surface area contributed by atoms with E-state index in [2.05, 4.69) is 34.6 Å². The molecule has 0 aromatic carbocycles. The molecule has 0 aliphatic heterocycles. The standard InChI is InChI=1S/5C14H28O2.Au.Ba/c5*1-2-3-4-5-6-7-8-9-10-11-12-13-14(15)16;;/h5*2-13H2,1H3,(H,15,16);;/q;;;;;+3;+2/p-5. The van der Waals surface area contributed by atoms with Crippen molar-refractivity contribution < 1.29 is 71.9 Å². The van der Waals surface area contributed by atoms with Crippen molar-refractivity contribution in [2.24, 2.45) is 0 Å². The summed E-state index contributed by atoms with van der Waals surface area (Å²) in [7, 11) is 0. The molecule has 0 aliphatic rings. The zero-order valence-electron chi connectivity index (χ0n) is 55.0. The van der Waals surface area contributed by atoms with Crippen molar-refractivity contribution in [2.45, 2.75) is 420 Å². The molecule has 0 radical (unpaired) electrons. The average Bonchev–Trinajstić information content (AvgIpc) is 3.42. The van der Waals surface area contributed by atoms with Gasteiger partial charge >= 0.3 is 71.3 Å². The molecule has 0 N–H and O–H groups in total. The second kappa shape index (κ2) is 91.8. The molecular weight excluding hydrogens is 1340 g/mol. The fourth-order valence-corrected chi connectivity index (χ4v) is 9.67. The van der Waals surface area contributed by atoms with Crippen molar-refractivity contribution >= 4 is 78.7 Å². The smallest absolute Gasteiger partial charge is 0.550 e. The number of unbranched alkanes of at least 4 members (excludes halogenated alkanes) is 50. The summed E-state index contributed by atoms with van der Waals surface area (Å²) >= 11 is 0. The molecule has 82 heavy (non-hydrogen) atoms. The third-order valence-corrected chi connectivity index (χ3v) is 14.9. The fourth-order valence-electron chi connectivity index (χ4n) is 9.67. The molecule has 0 saturated carbocycles. The van der Waals surface area contributed by atoms with Gasteiger partial charge < -0.3 is 49.5 Å². The molecule has 0 amide bonds. The summed E-state index contributed by atoms with van der Waals surface area (Å²) in [4.78, 5) is 50.7. The first-order valence-electron chi connectivity index (χ1n) is 34.8. The van der Waals surface area contributed by atoms with Crippen LogP contribution >= 0.6 is 0 Å². The van der Waals surface area contributed by atoms with E-state index >= 15 is 0 Å². The average molecular weight is 1470 g/mol. The summed E-state index contributed by atoms with van der Waals surface area (Å²) in [5.41, 5.74) is 0. The number of hydrogen-bond donors (Lipinski definition) is 0. The summed E-state index contributed by atoms with van der Waals surface area (Å²) in [6, 6.07) is 0. The Balaban J connectivity index is -0.000000170. The van der Waals surface area contributed by atoms with Crippen LogP contribution in [-0.4, -0.2) is 78.7 Å². The minimum Gasteiger partial charge on any atom is -0.550 e. The number of carboxylic acid groups (broad SMARTS) is 5. The van der Waals surface area contributed by atoms with E-state index in [1.54, 1.807) is 0 Å². The molecule has 0 rings (SSSR count). The number of carboxylic acids is 5. The molecule has 0 bridgehead atoms. The van der Waals surface area contributed by atoms with Gasteiger partial charge in [-0.1, -0.05) is 356 Å². The molecule has 0 aromatic heterocycles. The summed E-state index contributed by atoms with van der Waals surface area (Å²) in [6.07, 6.45) is 70.2. The molecule has 0 heterocycles. The van der Waals surface area contributed by atoms with Gasteiger partial charge in [0.2, 0.25) is 0 Å². The Morgan fingerprint density at radius 1 is 0.171 bits per heavy atom. The fraction of sp³-hybridized carbons (Fsp3) is 0.929. The van der Waals surface area contributed by atoms with Crippen LogP contribution in [0.5, 0.6) is 0 Å². The van der Waals surface area contributed by atoms with Gasteiger partial charge in [-0.05, 0) is 64.2 Å². The van der Waals surface area contributed by atoms with Gasteiger partial charge in [-0.25, -0.2) is 0 Å². The van der Waals surface area contributed by atoms with E-state index < -0.39 is 29.8 Å². The minimum absolute atomic E-state index is 0. The van der Waals surface area contributed by atoms with Crippen molar-refractivity contribution in [1.29, 1.82) is 0 Å². The quantitative estimate of drug-likeness (QED) is 0.0417. The number of rotatable bonds is 60. The van der Waals surface area contributed by atoms with Crippen LogP contribution in [0.3, 0.4) is 0 Å². The van der Waals surface area contributed by atoms with Crippen molar-refractivity contribution in [2.75, 3.05) is 0 Å². The van der Waals surface area contributed by atoms with Gasteiger partial charge in [0, 0.05) is 29.8 Å². The van der Waals surface area contributed by atoms with Crippen LogP contribution < -0.4 is 25.5 Å². The maximum atomic E-state index is 10.1. The summed E-state index contributed by atoms with van der Waals surface area (Å²) in [6.45, 7) is 11.2. The van der Waals surface area contributed by atoms with Crippen LogP contribution in [0.1, 0.15) is 420 Å².